The molecule has 0 heterocycles. The van der Waals surface area contributed by atoms with Crippen LogP contribution in [-0.2, 0) is 9.53 Å². The molecule has 0 aromatic carbocycles. The number of allylic oxidation sites excluding steroid dienone is 2. The lowest BCUT2D eigenvalue weighted by Gasteiger charge is -2.20. The first-order valence-corrected chi connectivity index (χ1v) is 7.28. The molecule has 0 aliphatic heterocycles. The summed E-state index contributed by atoms with van der Waals surface area (Å²) in [6, 6.07) is 0. The van der Waals surface area contributed by atoms with Gasteiger partial charge in [-0.1, -0.05) is 12.2 Å². The highest BCUT2D eigenvalue weighted by Crippen LogP contribution is 2.43. The van der Waals surface area contributed by atoms with Crippen molar-refractivity contribution in [3.05, 3.63) is 12.2 Å². The average molecular weight is 280 g/mol. The van der Waals surface area contributed by atoms with Gasteiger partial charge in [-0.05, 0) is 45.4 Å². The Morgan fingerprint density at radius 2 is 1.85 bits per heavy atom. The molecule has 0 aromatic heterocycles. The highest BCUT2D eigenvalue weighted by Gasteiger charge is 2.39. The highest BCUT2D eigenvalue weighted by molar-refractivity contribution is 5.80. The van der Waals surface area contributed by atoms with Crippen LogP contribution in [0, 0.1) is 17.8 Å². The van der Waals surface area contributed by atoms with E-state index in [0.717, 1.165) is 12.8 Å². The number of carbonyl (C=O) groups is 2. The van der Waals surface area contributed by atoms with E-state index in [-0.39, 0.29) is 11.8 Å². The van der Waals surface area contributed by atoms with Crippen LogP contribution in [0.3, 0.4) is 0 Å². The predicted octanol–water partition coefficient (Wildman–Crippen LogP) is 1.84. The molecule has 0 unspecified atom stereocenters. The number of rotatable bonds is 4. The van der Waals surface area contributed by atoms with Gasteiger partial charge in [-0.2, -0.15) is 0 Å². The van der Waals surface area contributed by atoms with Crippen LogP contribution < -0.4 is 10.6 Å². The minimum atomic E-state index is -0.497. The van der Waals surface area contributed by atoms with Crippen molar-refractivity contribution < 1.29 is 14.3 Å². The topological polar surface area (TPSA) is 67.4 Å². The van der Waals surface area contributed by atoms with Gasteiger partial charge < -0.3 is 15.4 Å². The van der Waals surface area contributed by atoms with Crippen molar-refractivity contribution >= 4 is 12.0 Å². The Bertz CT molecular complexity index is 412. The largest absolute Gasteiger partial charge is 0.444 e. The molecule has 0 saturated heterocycles. The smallest absolute Gasteiger partial charge is 0.407 e. The van der Waals surface area contributed by atoms with Gasteiger partial charge in [-0.25, -0.2) is 4.79 Å². The van der Waals surface area contributed by atoms with Crippen molar-refractivity contribution in [3.63, 3.8) is 0 Å². The van der Waals surface area contributed by atoms with E-state index in [2.05, 4.69) is 22.8 Å². The Morgan fingerprint density at radius 3 is 2.40 bits per heavy atom. The summed E-state index contributed by atoms with van der Waals surface area (Å²) in [5.74, 6) is 1.23. The van der Waals surface area contributed by atoms with E-state index in [1.54, 1.807) is 0 Å². The molecule has 112 valence electrons. The van der Waals surface area contributed by atoms with Crippen LogP contribution in [-0.4, -0.2) is 30.7 Å². The van der Waals surface area contributed by atoms with E-state index in [0.29, 0.717) is 24.9 Å². The first-order valence-electron chi connectivity index (χ1n) is 7.28. The Morgan fingerprint density at radius 1 is 1.15 bits per heavy atom. The van der Waals surface area contributed by atoms with E-state index in [1.165, 1.54) is 0 Å². The maximum Gasteiger partial charge on any atom is 0.407 e. The first kappa shape index (κ1) is 14.9. The van der Waals surface area contributed by atoms with Gasteiger partial charge in [-0.3, -0.25) is 4.79 Å². The molecule has 2 bridgehead atoms. The minimum Gasteiger partial charge on any atom is -0.444 e. The molecular formula is C15H24N2O3. The van der Waals surface area contributed by atoms with Crippen molar-refractivity contribution in [2.75, 3.05) is 13.1 Å². The SMILES string of the molecule is CC(C)(C)OC(=O)NCCNC(=O)[C@@H]1C[C@H]2C=C[C@@H]1C2. The van der Waals surface area contributed by atoms with Crippen molar-refractivity contribution in [3.8, 4) is 0 Å². The molecule has 0 spiro atoms. The van der Waals surface area contributed by atoms with Crippen molar-refractivity contribution in [2.24, 2.45) is 17.8 Å². The van der Waals surface area contributed by atoms with Crippen LogP contribution >= 0.6 is 0 Å². The number of ether oxygens (including phenoxy) is 1. The fourth-order valence-electron chi connectivity index (χ4n) is 2.88. The molecule has 2 N–H and O–H groups in total. The number of carbonyl (C=O) groups excluding carboxylic acids is 2. The Balaban J connectivity index is 1.61. The summed E-state index contributed by atoms with van der Waals surface area (Å²) in [6.45, 7) is 6.28. The van der Waals surface area contributed by atoms with Crippen LogP contribution in [0.5, 0.6) is 0 Å². The standard InChI is InChI=1S/C15H24N2O3/c1-15(2,3)20-14(19)17-7-6-16-13(18)12-9-10-4-5-11(12)8-10/h4-5,10-12H,6-9H2,1-3H3,(H,16,18)(H,17,19)/t10-,11+,12+/m0/s1. The summed E-state index contributed by atoms with van der Waals surface area (Å²) < 4.78 is 5.11. The molecule has 1 saturated carbocycles. The second-order valence-corrected chi connectivity index (χ2v) is 6.61. The molecule has 5 heteroatoms. The lowest BCUT2D eigenvalue weighted by atomic mass is 9.93. The molecule has 1 fully saturated rings. The molecule has 2 rings (SSSR count). The predicted molar refractivity (Wildman–Crippen MR) is 76.1 cm³/mol. The number of fused-ring (bicyclic) bond motifs is 2. The van der Waals surface area contributed by atoms with Crippen molar-refractivity contribution in [2.45, 2.75) is 39.2 Å². The Kier molecular flexibility index (Phi) is 4.35. The highest BCUT2D eigenvalue weighted by atomic mass is 16.6. The molecule has 0 radical (unpaired) electrons. The van der Waals surface area contributed by atoms with Crippen LogP contribution in [0.15, 0.2) is 12.2 Å². The quantitative estimate of drug-likeness (QED) is 0.610. The van der Waals surface area contributed by atoms with Gasteiger partial charge in [0.15, 0.2) is 0 Å². The summed E-state index contributed by atoms with van der Waals surface area (Å²) in [5.41, 5.74) is -0.497. The molecule has 20 heavy (non-hydrogen) atoms. The van der Waals surface area contributed by atoms with Crippen LogP contribution in [0.4, 0.5) is 4.79 Å². The number of nitrogens with one attached hydrogen (secondary N) is 2. The van der Waals surface area contributed by atoms with Gasteiger partial charge in [0.1, 0.15) is 5.60 Å². The Labute approximate surface area is 120 Å². The third-order valence-corrected chi connectivity index (χ3v) is 3.71. The van der Waals surface area contributed by atoms with Crippen molar-refractivity contribution in [1.29, 1.82) is 0 Å². The minimum absolute atomic E-state index is 0.104. The lowest BCUT2D eigenvalue weighted by molar-refractivity contribution is -0.125. The summed E-state index contributed by atoms with van der Waals surface area (Å²) in [4.78, 5) is 23.4. The van der Waals surface area contributed by atoms with Crippen LogP contribution in [0.2, 0.25) is 0 Å². The molecule has 2 amide bonds. The lowest BCUT2D eigenvalue weighted by Crippen LogP contribution is -2.40. The normalized spacial score (nSPS) is 27.4. The summed E-state index contributed by atoms with van der Waals surface area (Å²) >= 11 is 0. The maximum absolute atomic E-state index is 12.0. The number of amides is 2. The van der Waals surface area contributed by atoms with Gasteiger partial charge in [0.25, 0.3) is 0 Å². The average Bonchev–Trinajstić information content (AvgIpc) is 2.94. The van der Waals surface area contributed by atoms with Gasteiger partial charge in [0.2, 0.25) is 5.91 Å². The zero-order valence-electron chi connectivity index (χ0n) is 12.4. The summed E-state index contributed by atoms with van der Waals surface area (Å²) in [6.07, 6.45) is 6.02. The molecule has 2 aliphatic rings. The van der Waals surface area contributed by atoms with E-state index >= 15 is 0 Å². The Hall–Kier alpha value is -1.52. The van der Waals surface area contributed by atoms with E-state index in [9.17, 15) is 9.59 Å². The summed E-state index contributed by atoms with van der Waals surface area (Å²) in [5, 5.41) is 5.51. The zero-order valence-corrected chi connectivity index (χ0v) is 12.4. The molecule has 3 atom stereocenters. The third kappa shape index (κ3) is 3.99. The van der Waals surface area contributed by atoms with Crippen LogP contribution in [0.1, 0.15) is 33.6 Å². The van der Waals surface area contributed by atoms with Gasteiger partial charge in [0, 0.05) is 19.0 Å². The fraction of sp³-hybridized carbons (Fsp3) is 0.733. The molecule has 2 aliphatic carbocycles. The van der Waals surface area contributed by atoms with Gasteiger partial charge in [-0.15, -0.1) is 0 Å². The third-order valence-electron chi connectivity index (χ3n) is 3.71. The van der Waals surface area contributed by atoms with E-state index in [4.69, 9.17) is 4.74 Å². The van der Waals surface area contributed by atoms with E-state index < -0.39 is 11.7 Å². The van der Waals surface area contributed by atoms with Gasteiger partial charge >= 0.3 is 6.09 Å². The number of hydrogen-bond acceptors (Lipinski definition) is 3. The number of hydrogen-bond donors (Lipinski definition) is 2. The molecular weight excluding hydrogens is 256 g/mol. The number of alkyl carbamates (subject to hydrolysis) is 1. The second-order valence-electron chi connectivity index (χ2n) is 6.61. The zero-order chi connectivity index (χ0) is 14.8. The maximum atomic E-state index is 12.0. The van der Waals surface area contributed by atoms with E-state index in [1.807, 2.05) is 20.8 Å². The molecule has 5 nitrogen and oxygen atoms in total. The van der Waals surface area contributed by atoms with Crippen molar-refractivity contribution in [1.82, 2.24) is 10.6 Å². The molecule has 0 aromatic rings. The fourth-order valence-corrected chi connectivity index (χ4v) is 2.88. The summed E-state index contributed by atoms with van der Waals surface area (Å²) in [7, 11) is 0. The van der Waals surface area contributed by atoms with Crippen LogP contribution in [0.25, 0.3) is 0 Å². The monoisotopic (exact) mass is 280 g/mol. The first-order chi connectivity index (χ1) is 9.35. The second kappa shape index (κ2) is 5.85. The van der Waals surface area contributed by atoms with Gasteiger partial charge in [0.05, 0.1) is 0 Å².